The van der Waals surface area contributed by atoms with Gasteiger partial charge in [-0.2, -0.15) is 0 Å². The highest BCUT2D eigenvalue weighted by molar-refractivity contribution is 6.02. The summed E-state index contributed by atoms with van der Waals surface area (Å²) in [4.78, 5) is 13.8. The van der Waals surface area contributed by atoms with Crippen LogP contribution < -0.4 is 9.47 Å². The molecule has 0 bridgehead atoms. The number of hydrogen-bond donors (Lipinski definition) is 0. The summed E-state index contributed by atoms with van der Waals surface area (Å²) in [5.41, 5.74) is 5.29. The number of para-hydroxylation sites is 1. The smallest absolute Gasteiger partial charge is 0.246 e. The van der Waals surface area contributed by atoms with E-state index < -0.39 is 0 Å². The highest BCUT2D eigenvalue weighted by Crippen LogP contribution is 2.42. The number of ether oxygens (including phenoxy) is 2. The maximum atomic E-state index is 12.2. The van der Waals surface area contributed by atoms with Crippen LogP contribution in [0, 0.1) is 6.92 Å². The summed E-state index contributed by atoms with van der Waals surface area (Å²) in [7, 11) is 5.13. The normalized spacial score (nSPS) is 11.6. The molecule has 0 N–H and O–H groups in total. The van der Waals surface area contributed by atoms with Crippen LogP contribution in [0.15, 0.2) is 47.1 Å². The highest BCUT2D eigenvalue weighted by atomic mass is 16.5. The molecule has 0 aliphatic rings. The topological polar surface area (TPSA) is 51.9 Å². The maximum absolute atomic E-state index is 12.2. The lowest BCUT2D eigenvalue weighted by Crippen LogP contribution is -2.19. The van der Waals surface area contributed by atoms with Gasteiger partial charge in [0.05, 0.1) is 20.0 Å². The molecule has 5 heteroatoms. The van der Waals surface area contributed by atoms with Gasteiger partial charge in [0.2, 0.25) is 5.91 Å². The van der Waals surface area contributed by atoms with Gasteiger partial charge < -0.3 is 18.8 Å². The predicted octanol–water partition coefficient (Wildman–Crippen LogP) is 5.31. The molecule has 1 heterocycles. The fraction of sp³-hybridized carbons (Fsp3) is 0.292. The van der Waals surface area contributed by atoms with Crippen molar-refractivity contribution in [2.45, 2.75) is 20.8 Å². The molecule has 0 saturated heterocycles. The van der Waals surface area contributed by atoms with E-state index in [-0.39, 0.29) is 5.91 Å². The second kappa shape index (κ2) is 8.43. The van der Waals surface area contributed by atoms with Crippen molar-refractivity contribution in [1.29, 1.82) is 0 Å². The van der Waals surface area contributed by atoms with E-state index in [2.05, 4.69) is 0 Å². The van der Waals surface area contributed by atoms with E-state index in [0.717, 1.165) is 50.3 Å². The molecular weight excluding hydrogens is 366 g/mol. The first-order valence-electron chi connectivity index (χ1n) is 9.59. The Morgan fingerprint density at radius 1 is 1.21 bits per heavy atom. The van der Waals surface area contributed by atoms with E-state index in [1.807, 2.05) is 51.1 Å². The molecule has 0 unspecified atom stereocenters. The number of hydrogen-bond acceptors (Lipinski definition) is 4. The number of allylic oxidation sites excluding steroid dienone is 1. The third-order valence-electron chi connectivity index (χ3n) is 4.94. The molecule has 0 spiro atoms. The number of aryl methyl sites for hydroxylation is 1. The average Bonchev–Trinajstić information content (AvgIpc) is 3.13. The van der Waals surface area contributed by atoms with E-state index in [1.165, 1.54) is 0 Å². The molecular formula is C24H27NO4. The minimum absolute atomic E-state index is 0.0696. The monoisotopic (exact) mass is 393 g/mol. The highest BCUT2D eigenvalue weighted by Gasteiger charge is 2.20. The zero-order chi connectivity index (χ0) is 21.1. The van der Waals surface area contributed by atoms with Crippen LogP contribution in [0.1, 0.15) is 25.0 Å². The van der Waals surface area contributed by atoms with Gasteiger partial charge in [-0.1, -0.05) is 18.2 Å². The fourth-order valence-corrected chi connectivity index (χ4v) is 3.41. The minimum Gasteiger partial charge on any atom is -0.496 e. The van der Waals surface area contributed by atoms with Crippen molar-refractivity contribution in [1.82, 2.24) is 4.90 Å². The number of rotatable bonds is 6. The summed E-state index contributed by atoms with van der Waals surface area (Å²) >= 11 is 0. The number of fused-ring (bicyclic) bond motifs is 1. The molecule has 152 valence electrons. The van der Waals surface area contributed by atoms with Crippen molar-refractivity contribution >= 4 is 22.4 Å². The van der Waals surface area contributed by atoms with Crippen LogP contribution in [-0.2, 0) is 4.79 Å². The zero-order valence-electron chi connectivity index (χ0n) is 17.8. The molecule has 0 aliphatic carbocycles. The van der Waals surface area contributed by atoms with Crippen LogP contribution in [0.3, 0.4) is 0 Å². The number of benzene rings is 2. The Kier molecular flexibility index (Phi) is 5.97. The van der Waals surface area contributed by atoms with Crippen molar-refractivity contribution in [3.05, 3.63) is 53.8 Å². The summed E-state index contributed by atoms with van der Waals surface area (Å²) in [5, 5.41) is 0.954. The third-order valence-corrected chi connectivity index (χ3v) is 4.94. The van der Waals surface area contributed by atoms with Gasteiger partial charge in [0, 0.05) is 47.8 Å². The van der Waals surface area contributed by atoms with Gasteiger partial charge in [-0.15, -0.1) is 0 Å². The van der Waals surface area contributed by atoms with Crippen LogP contribution in [0.4, 0.5) is 0 Å². The van der Waals surface area contributed by atoms with Crippen molar-refractivity contribution in [3.8, 4) is 22.6 Å². The van der Waals surface area contributed by atoms with E-state index in [4.69, 9.17) is 13.9 Å². The molecule has 1 amide bonds. The molecule has 0 radical (unpaired) electrons. The van der Waals surface area contributed by atoms with E-state index >= 15 is 0 Å². The quantitative estimate of drug-likeness (QED) is 0.533. The third kappa shape index (κ3) is 3.86. The van der Waals surface area contributed by atoms with E-state index in [1.54, 1.807) is 38.4 Å². The van der Waals surface area contributed by atoms with Crippen LogP contribution in [-0.4, -0.2) is 38.6 Å². The largest absolute Gasteiger partial charge is 0.496 e. The van der Waals surface area contributed by atoms with Crippen molar-refractivity contribution < 1.29 is 18.7 Å². The van der Waals surface area contributed by atoms with Crippen LogP contribution in [0.25, 0.3) is 27.7 Å². The first-order valence-corrected chi connectivity index (χ1v) is 9.59. The standard InChI is InChI=1S/C24H27NO4/c1-7-28-23-16(3)24-19(13-18(23)15(2)12-22(26)25(4)5)20(14-29-24)17-10-8-9-11-21(17)27-6/h8-14H,7H2,1-6H3/b15-12+. The first-order chi connectivity index (χ1) is 13.9. The second-order valence-corrected chi connectivity index (χ2v) is 7.10. The summed E-state index contributed by atoms with van der Waals surface area (Å²) < 4.78 is 17.4. The Morgan fingerprint density at radius 2 is 1.93 bits per heavy atom. The second-order valence-electron chi connectivity index (χ2n) is 7.10. The Bertz CT molecular complexity index is 1080. The number of furan rings is 1. The van der Waals surface area contributed by atoms with Crippen LogP contribution in [0.5, 0.6) is 11.5 Å². The Labute approximate surface area is 171 Å². The molecule has 3 rings (SSSR count). The summed E-state index contributed by atoms with van der Waals surface area (Å²) in [6, 6.07) is 9.88. The lowest BCUT2D eigenvalue weighted by Gasteiger charge is -2.15. The van der Waals surface area contributed by atoms with Gasteiger partial charge in [-0.25, -0.2) is 0 Å². The average molecular weight is 393 g/mol. The Balaban J connectivity index is 2.28. The molecule has 0 aliphatic heterocycles. The van der Waals surface area contributed by atoms with Gasteiger partial charge in [0.25, 0.3) is 0 Å². The number of nitrogens with zero attached hydrogens (tertiary/aromatic N) is 1. The molecule has 0 fully saturated rings. The molecule has 29 heavy (non-hydrogen) atoms. The van der Waals surface area contributed by atoms with Crippen molar-refractivity contribution in [2.75, 3.05) is 27.8 Å². The van der Waals surface area contributed by atoms with Gasteiger partial charge in [0.1, 0.15) is 17.1 Å². The number of methoxy groups -OCH3 is 1. The number of likely N-dealkylation sites (N-methyl/N-ethyl adjacent to an activating group) is 1. The molecule has 5 nitrogen and oxygen atoms in total. The molecule has 0 saturated carbocycles. The number of amides is 1. The SMILES string of the molecule is CCOc1c(/C(C)=C/C(=O)N(C)C)cc2c(-c3ccccc3OC)coc2c1C. The lowest BCUT2D eigenvalue weighted by atomic mass is 9.96. The Hall–Kier alpha value is -3.21. The van der Waals surface area contributed by atoms with Crippen molar-refractivity contribution in [3.63, 3.8) is 0 Å². The molecule has 3 aromatic rings. The van der Waals surface area contributed by atoms with Crippen molar-refractivity contribution in [2.24, 2.45) is 0 Å². The summed E-state index contributed by atoms with van der Waals surface area (Å²) in [6.07, 6.45) is 3.38. The fourth-order valence-electron chi connectivity index (χ4n) is 3.41. The predicted molar refractivity (Wildman–Crippen MR) is 116 cm³/mol. The number of carbonyl (C=O) groups is 1. The van der Waals surface area contributed by atoms with Crippen LogP contribution >= 0.6 is 0 Å². The van der Waals surface area contributed by atoms with Gasteiger partial charge >= 0.3 is 0 Å². The Morgan fingerprint density at radius 3 is 2.59 bits per heavy atom. The van der Waals surface area contributed by atoms with Gasteiger partial charge in [0.15, 0.2) is 0 Å². The molecule has 0 atom stereocenters. The maximum Gasteiger partial charge on any atom is 0.246 e. The van der Waals surface area contributed by atoms with Gasteiger partial charge in [-0.3, -0.25) is 4.79 Å². The van der Waals surface area contributed by atoms with Gasteiger partial charge in [-0.05, 0) is 38.5 Å². The first kappa shape index (κ1) is 20.5. The molecule has 2 aromatic carbocycles. The lowest BCUT2D eigenvalue weighted by molar-refractivity contribution is -0.123. The minimum atomic E-state index is -0.0696. The summed E-state index contributed by atoms with van der Waals surface area (Å²) in [6.45, 7) is 6.37. The molecule has 1 aromatic heterocycles. The van der Waals surface area contributed by atoms with E-state index in [9.17, 15) is 4.79 Å². The van der Waals surface area contributed by atoms with E-state index in [0.29, 0.717) is 6.61 Å². The number of carbonyl (C=O) groups excluding carboxylic acids is 1. The summed E-state index contributed by atoms with van der Waals surface area (Å²) in [5.74, 6) is 1.44. The van der Waals surface area contributed by atoms with Crippen LogP contribution in [0.2, 0.25) is 0 Å². The zero-order valence-corrected chi connectivity index (χ0v) is 17.8.